The normalized spacial score (nSPS) is 22.2. The summed E-state index contributed by atoms with van der Waals surface area (Å²) < 4.78 is 55.4. The molecule has 4 rings (SSSR count). The number of hydrogen-bond acceptors (Lipinski definition) is 3. The van der Waals surface area contributed by atoms with E-state index in [9.17, 15) is 32.3 Å². The van der Waals surface area contributed by atoms with E-state index in [0.717, 1.165) is 22.6 Å². The van der Waals surface area contributed by atoms with Crippen molar-refractivity contribution in [3.05, 3.63) is 70.5 Å². The molecule has 2 saturated heterocycles. The molecule has 2 atom stereocenters. The van der Waals surface area contributed by atoms with E-state index in [0.29, 0.717) is 6.54 Å². The highest BCUT2D eigenvalue weighted by molar-refractivity contribution is 6.30. The van der Waals surface area contributed by atoms with Crippen LogP contribution in [-0.4, -0.2) is 47.6 Å². The summed E-state index contributed by atoms with van der Waals surface area (Å²) in [5.74, 6) is -2.21. The number of amides is 2. The number of rotatable bonds is 3. The number of carbonyl (C=O) groups is 2. The largest absolute Gasteiger partial charge is 0.430 e. The van der Waals surface area contributed by atoms with Gasteiger partial charge in [0.25, 0.3) is 11.5 Å². The zero-order valence-electron chi connectivity index (χ0n) is 18.0. The van der Waals surface area contributed by atoms with Crippen molar-refractivity contribution in [3.63, 3.8) is 0 Å². The third-order valence-electron chi connectivity index (χ3n) is 7.06. The van der Waals surface area contributed by atoms with E-state index in [2.05, 4.69) is 5.32 Å². The van der Waals surface area contributed by atoms with Crippen LogP contribution in [0, 0.1) is 11.2 Å². The molecule has 0 bridgehead atoms. The summed E-state index contributed by atoms with van der Waals surface area (Å²) in [5.41, 5.74) is -4.11. The standard InChI is InChI=1S/C24H23ClF4N2O3/c25-17-5-3-16(4-6-17)23(34,24(27,28)29)21(33)31-11-9-22(10-12-31)13-20(32)30-14-19(22)15-1-7-18(26)8-2-15/h1-8,19,34H,9-14H2,(H,30,32)/t19-,23+/m1/s1. The van der Waals surface area contributed by atoms with Gasteiger partial charge in [-0.1, -0.05) is 35.9 Å². The van der Waals surface area contributed by atoms with Gasteiger partial charge in [0.15, 0.2) is 0 Å². The van der Waals surface area contributed by atoms with Crippen molar-refractivity contribution >= 4 is 23.4 Å². The number of alkyl halides is 3. The Morgan fingerprint density at radius 2 is 1.65 bits per heavy atom. The van der Waals surface area contributed by atoms with Crippen molar-refractivity contribution in [2.45, 2.75) is 37.0 Å². The first-order chi connectivity index (χ1) is 16.0. The highest BCUT2D eigenvalue weighted by atomic mass is 35.5. The molecular formula is C24H23ClF4N2O3. The number of benzene rings is 2. The van der Waals surface area contributed by atoms with Crippen LogP contribution in [0.1, 0.15) is 36.3 Å². The second kappa shape index (κ2) is 8.85. The molecule has 0 saturated carbocycles. The molecule has 5 nitrogen and oxygen atoms in total. The van der Waals surface area contributed by atoms with Crippen LogP contribution in [-0.2, 0) is 15.2 Å². The lowest BCUT2D eigenvalue weighted by Gasteiger charge is -2.50. The van der Waals surface area contributed by atoms with E-state index < -0.39 is 34.5 Å². The van der Waals surface area contributed by atoms with E-state index >= 15 is 0 Å². The molecule has 0 unspecified atom stereocenters. The Bertz CT molecular complexity index is 1070. The maximum Gasteiger partial charge on any atom is 0.430 e. The smallest absolute Gasteiger partial charge is 0.369 e. The highest BCUT2D eigenvalue weighted by Gasteiger charge is 2.62. The van der Waals surface area contributed by atoms with Crippen molar-refractivity contribution in [1.82, 2.24) is 10.2 Å². The lowest BCUT2D eigenvalue weighted by Crippen LogP contribution is -2.59. The number of aliphatic hydroxyl groups is 1. The number of hydrogen-bond donors (Lipinski definition) is 2. The fourth-order valence-corrected chi connectivity index (χ4v) is 5.24. The Hall–Kier alpha value is -2.65. The molecule has 2 N–H and O–H groups in total. The topological polar surface area (TPSA) is 69.6 Å². The van der Waals surface area contributed by atoms with Crippen molar-refractivity contribution in [1.29, 1.82) is 0 Å². The van der Waals surface area contributed by atoms with E-state index in [-0.39, 0.29) is 49.2 Å². The first kappa shape index (κ1) is 24.5. The first-order valence-electron chi connectivity index (χ1n) is 10.8. The lowest BCUT2D eigenvalue weighted by molar-refractivity contribution is -0.262. The van der Waals surface area contributed by atoms with Gasteiger partial charge < -0.3 is 15.3 Å². The maximum atomic E-state index is 14.0. The minimum absolute atomic E-state index is 0.0597. The fourth-order valence-electron chi connectivity index (χ4n) is 5.11. The van der Waals surface area contributed by atoms with E-state index in [1.54, 1.807) is 12.1 Å². The van der Waals surface area contributed by atoms with Crippen LogP contribution in [0.4, 0.5) is 17.6 Å². The number of likely N-dealkylation sites (tertiary alicyclic amines) is 1. The Balaban J connectivity index is 1.59. The summed E-state index contributed by atoms with van der Waals surface area (Å²) in [4.78, 5) is 26.3. The minimum atomic E-state index is -5.26. The molecule has 2 heterocycles. The molecule has 2 amide bonds. The first-order valence-corrected chi connectivity index (χ1v) is 11.2. The summed E-state index contributed by atoms with van der Waals surface area (Å²) >= 11 is 5.76. The number of piperidine rings is 2. The maximum absolute atomic E-state index is 14.0. The molecule has 0 aromatic heterocycles. The SMILES string of the molecule is O=C1CC2(CCN(C(=O)[C@@](O)(c3ccc(Cl)cc3)C(F)(F)F)CC2)[C@@H](c2ccc(F)cc2)CN1. The van der Waals surface area contributed by atoms with E-state index in [1.165, 1.54) is 24.3 Å². The molecule has 10 heteroatoms. The average Bonchev–Trinajstić information content (AvgIpc) is 2.79. The van der Waals surface area contributed by atoms with Crippen molar-refractivity contribution < 1.29 is 32.3 Å². The van der Waals surface area contributed by atoms with Gasteiger partial charge in [0.05, 0.1) is 0 Å². The Labute approximate surface area is 198 Å². The minimum Gasteiger partial charge on any atom is -0.369 e. The van der Waals surface area contributed by atoms with Crippen LogP contribution in [0.3, 0.4) is 0 Å². The number of nitrogens with one attached hydrogen (secondary N) is 1. The molecule has 2 aromatic carbocycles. The molecule has 182 valence electrons. The zero-order valence-corrected chi connectivity index (χ0v) is 18.8. The highest BCUT2D eigenvalue weighted by Crippen LogP contribution is 2.50. The molecule has 2 aromatic rings. The molecule has 0 aliphatic carbocycles. The van der Waals surface area contributed by atoms with Crippen molar-refractivity contribution in [2.24, 2.45) is 5.41 Å². The molecule has 0 radical (unpaired) electrons. The van der Waals surface area contributed by atoms with Crippen molar-refractivity contribution in [3.8, 4) is 0 Å². The average molecular weight is 499 g/mol. The van der Waals surface area contributed by atoms with Gasteiger partial charge >= 0.3 is 6.18 Å². The second-order valence-corrected chi connectivity index (χ2v) is 9.39. The number of carbonyl (C=O) groups excluding carboxylic acids is 2. The van der Waals surface area contributed by atoms with Crippen LogP contribution in [0.15, 0.2) is 48.5 Å². The quantitative estimate of drug-likeness (QED) is 0.625. The van der Waals surface area contributed by atoms with Gasteiger partial charge in [-0.25, -0.2) is 4.39 Å². The van der Waals surface area contributed by atoms with Gasteiger partial charge in [0, 0.05) is 42.6 Å². The molecule has 2 aliphatic heterocycles. The third-order valence-corrected chi connectivity index (χ3v) is 7.31. The van der Waals surface area contributed by atoms with Crippen LogP contribution in [0.2, 0.25) is 5.02 Å². The fraction of sp³-hybridized carbons (Fsp3) is 0.417. The number of halogens is 5. The van der Waals surface area contributed by atoms with Crippen LogP contribution < -0.4 is 5.32 Å². The summed E-state index contributed by atoms with van der Waals surface area (Å²) in [7, 11) is 0. The predicted molar refractivity (Wildman–Crippen MR) is 116 cm³/mol. The Kier molecular flexibility index (Phi) is 6.37. The Morgan fingerprint density at radius 3 is 2.21 bits per heavy atom. The summed E-state index contributed by atoms with van der Waals surface area (Å²) in [5, 5.41) is 13.6. The molecule has 34 heavy (non-hydrogen) atoms. The molecular weight excluding hydrogens is 476 g/mol. The van der Waals surface area contributed by atoms with Crippen molar-refractivity contribution in [2.75, 3.05) is 19.6 Å². The monoisotopic (exact) mass is 498 g/mol. The molecule has 2 fully saturated rings. The van der Waals surface area contributed by atoms with Gasteiger partial charge in [-0.3, -0.25) is 9.59 Å². The summed E-state index contributed by atoms with van der Waals surface area (Å²) in [6.07, 6.45) is -4.57. The van der Waals surface area contributed by atoms with Crippen LogP contribution >= 0.6 is 11.6 Å². The Morgan fingerprint density at radius 1 is 1.06 bits per heavy atom. The van der Waals surface area contributed by atoms with E-state index in [4.69, 9.17) is 11.6 Å². The molecule has 2 aliphatic rings. The van der Waals surface area contributed by atoms with Gasteiger partial charge in [0.1, 0.15) is 5.82 Å². The van der Waals surface area contributed by atoms with Gasteiger partial charge in [0.2, 0.25) is 5.91 Å². The predicted octanol–water partition coefficient (Wildman–Crippen LogP) is 4.14. The third kappa shape index (κ3) is 4.27. The molecule has 1 spiro atoms. The summed E-state index contributed by atoms with van der Waals surface area (Å²) in [6, 6.07) is 10.3. The lowest BCUT2D eigenvalue weighted by atomic mass is 9.62. The van der Waals surface area contributed by atoms with Crippen LogP contribution in [0.25, 0.3) is 0 Å². The number of nitrogens with zero attached hydrogens (tertiary/aromatic N) is 1. The van der Waals surface area contributed by atoms with Gasteiger partial charge in [-0.2, -0.15) is 13.2 Å². The summed E-state index contributed by atoms with van der Waals surface area (Å²) in [6.45, 7) is 0.196. The zero-order chi connectivity index (χ0) is 24.7. The van der Waals surface area contributed by atoms with Gasteiger partial charge in [-0.15, -0.1) is 0 Å². The van der Waals surface area contributed by atoms with E-state index in [1.807, 2.05) is 0 Å². The van der Waals surface area contributed by atoms with Gasteiger partial charge in [-0.05, 0) is 48.1 Å². The second-order valence-electron chi connectivity index (χ2n) is 8.95. The van der Waals surface area contributed by atoms with Crippen LogP contribution in [0.5, 0.6) is 0 Å².